The number of nitrogens with zero attached hydrogens (tertiary/aromatic N) is 4. The van der Waals surface area contributed by atoms with Crippen LogP contribution in [0.5, 0.6) is 0 Å². The maximum atomic E-state index is 13.6. The summed E-state index contributed by atoms with van der Waals surface area (Å²) in [7, 11) is 0. The molecule has 2 aromatic heterocycles. The molecule has 0 aliphatic rings. The van der Waals surface area contributed by atoms with Gasteiger partial charge in [-0.05, 0) is 85.4 Å². The number of aromatic nitrogens is 4. The molecule has 0 bridgehead atoms. The second-order valence-electron chi connectivity index (χ2n) is 6.97. The van der Waals surface area contributed by atoms with Gasteiger partial charge in [0, 0.05) is 11.8 Å². The van der Waals surface area contributed by atoms with E-state index in [0.29, 0.717) is 21.5 Å². The molecule has 0 atom stereocenters. The average Bonchev–Trinajstić information content (AvgIpc) is 3.21. The summed E-state index contributed by atoms with van der Waals surface area (Å²) >= 11 is 9.90. The standard InChI is InChI=1S/C21H14Br3F3N4/c1-11-3-5-13(6-4-11)18-17(23)19(21(25,26)27)28-31(18)14-7-8-16(12(2)9-14)30-10-15(22)20(24)29-30/h3-10H,1-2H3. The van der Waals surface area contributed by atoms with Gasteiger partial charge in [-0.1, -0.05) is 29.8 Å². The molecule has 0 N–H and O–H groups in total. The van der Waals surface area contributed by atoms with Crippen LogP contribution in [0.4, 0.5) is 13.2 Å². The molecule has 0 radical (unpaired) electrons. The number of halogens is 6. The summed E-state index contributed by atoms with van der Waals surface area (Å²) in [6.45, 7) is 3.79. The number of benzene rings is 2. The van der Waals surface area contributed by atoms with Crippen LogP contribution in [0.3, 0.4) is 0 Å². The highest BCUT2D eigenvalue weighted by atomic mass is 79.9. The third-order valence-electron chi connectivity index (χ3n) is 4.72. The van der Waals surface area contributed by atoms with Crippen molar-refractivity contribution in [1.29, 1.82) is 0 Å². The Morgan fingerprint density at radius 3 is 2.13 bits per heavy atom. The second-order valence-corrected chi connectivity index (χ2v) is 9.37. The van der Waals surface area contributed by atoms with Gasteiger partial charge in [0.15, 0.2) is 5.69 Å². The molecule has 0 aliphatic carbocycles. The Morgan fingerprint density at radius 1 is 0.903 bits per heavy atom. The SMILES string of the molecule is Cc1ccc(-c2c(Br)c(C(F)(F)F)nn2-c2ccc(-n3cc(Br)c(Br)n3)c(C)c2)cc1. The van der Waals surface area contributed by atoms with Crippen LogP contribution in [0.2, 0.25) is 0 Å². The summed E-state index contributed by atoms with van der Waals surface area (Å²) in [5.74, 6) is 0. The molecule has 0 unspecified atom stereocenters. The Bertz CT molecular complexity index is 1260. The Balaban J connectivity index is 1.89. The van der Waals surface area contributed by atoms with E-state index in [1.165, 1.54) is 4.68 Å². The van der Waals surface area contributed by atoms with Gasteiger partial charge in [0.2, 0.25) is 0 Å². The Hall–Kier alpha value is -1.91. The summed E-state index contributed by atoms with van der Waals surface area (Å²) in [4.78, 5) is 0. The fourth-order valence-electron chi connectivity index (χ4n) is 3.21. The number of hydrogen-bond acceptors (Lipinski definition) is 2. The van der Waals surface area contributed by atoms with Gasteiger partial charge in [-0.3, -0.25) is 0 Å². The molecule has 0 amide bonds. The Morgan fingerprint density at radius 2 is 1.58 bits per heavy atom. The van der Waals surface area contributed by atoms with Gasteiger partial charge in [0.05, 0.1) is 26.0 Å². The molecular formula is C21H14Br3F3N4. The van der Waals surface area contributed by atoms with Gasteiger partial charge in [0.1, 0.15) is 4.60 Å². The largest absolute Gasteiger partial charge is 0.436 e. The van der Waals surface area contributed by atoms with Gasteiger partial charge in [0.25, 0.3) is 0 Å². The number of hydrogen-bond donors (Lipinski definition) is 0. The summed E-state index contributed by atoms with van der Waals surface area (Å²) in [5.41, 5.74) is 3.15. The van der Waals surface area contributed by atoms with E-state index in [4.69, 9.17) is 0 Å². The highest BCUT2D eigenvalue weighted by Crippen LogP contribution is 2.41. The molecule has 0 saturated carbocycles. The minimum atomic E-state index is -4.59. The summed E-state index contributed by atoms with van der Waals surface area (Å²) < 4.78 is 45.2. The molecule has 0 saturated heterocycles. The maximum absolute atomic E-state index is 13.6. The number of alkyl halides is 3. The van der Waals surface area contributed by atoms with Crippen LogP contribution in [-0.2, 0) is 6.18 Å². The van der Waals surface area contributed by atoms with Crippen molar-refractivity contribution in [2.24, 2.45) is 0 Å². The predicted molar refractivity (Wildman–Crippen MR) is 124 cm³/mol. The zero-order chi connectivity index (χ0) is 22.5. The van der Waals surface area contributed by atoms with E-state index >= 15 is 0 Å². The summed E-state index contributed by atoms with van der Waals surface area (Å²) in [6, 6.07) is 12.6. The van der Waals surface area contributed by atoms with E-state index in [2.05, 4.69) is 58.0 Å². The zero-order valence-electron chi connectivity index (χ0n) is 16.2. The molecule has 160 valence electrons. The lowest BCUT2D eigenvalue weighted by Crippen LogP contribution is -2.08. The first-order chi connectivity index (χ1) is 14.6. The van der Waals surface area contributed by atoms with Crippen LogP contribution < -0.4 is 0 Å². The van der Waals surface area contributed by atoms with Crippen molar-refractivity contribution < 1.29 is 13.2 Å². The van der Waals surface area contributed by atoms with Gasteiger partial charge >= 0.3 is 6.18 Å². The van der Waals surface area contributed by atoms with Gasteiger partial charge in [-0.2, -0.15) is 23.4 Å². The van der Waals surface area contributed by atoms with Crippen LogP contribution in [0.25, 0.3) is 22.6 Å². The van der Waals surface area contributed by atoms with E-state index < -0.39 is 11.9 Å². The van der Waals surface area contributed by atoms with Crippen molar-refractivity contribution in [2.75, 3.05) is 0 Å². The Labute approximate surface area is 201 Å². The Kier molecular flexibility index (Phi) is 5.91. The van der Waals surface area contributed by atoms with Crippen molar-refractivity contribution in [3.05, 3.63) is 79.0 Å². The predicted octanol–water partition coefficient (Wildman–Crippen LogP) is 7.65. The van der Waals surface area contributed by atoms with Crippen LogP contribution in [-0.4, -0.2) is 19.6 Å². The van der Waals surface area contributed by atoms with E-state index in [-0.39, 0.29) is 4.47 Å². The molecule has 2 aromatic carbocycles. The van der Waals surface area contributed by atoms with Gasteiger partial charge in [-0.25, -0.2) is 9.36 Å². The lowest BCUT2D eigenvalue weighted by atomic mass is 10.1. The minimum Gasteiger partial charge on any atom is -0.238 e. The van der Waals surface area contributed by atoms with Gasteiger partial charge in [-0.15, -0.1) is 0 Å². The summed E-state index contributed by atoms with van der Waals surface area (Å²) in [6.07, 6.45) is -2.79. The quantitative estimate of drug-likeness (QED) is 0.236. The molecule has 0 fully saturated rings. The fraction of sp³-hybridized carbons (Fsp3) is 0.143. The molecule has 31 heavy (non-hydrogen) atoms. The highest BCUT2D eigenvalue weighted by Gasteiger charge is 2.39. The van der Waals surface area contributed by atoms with Crippen molar-refractivity contribution >= 4 is 47.8 Å². The molecule has 2 heterocycles. The van der Waals surface area contributed by atoms with Crippen LogP contribution in [0.15, 0.2) is 62.2 Å². The van der Waals surface area contributed by atoms with E-state index in [0.717, 1.165) is 21.3 Å². The highest BCUT2D eigenvalue weighted by molar-refractivity contribution is 9.13. The smallest absolute Gasteiger partial charge is 0.238 e. The first kappa shape index (κ1) is 22.3. The molecule has 4 aromatic rings. The van der Waals surface area contributed by atoms with E-state index in [1.807, 2.05) is 26.0 Å². The lowest BCUT2D eigenvalue weighted by molar-refractivity contribution is -0.141. The van der Waals surface area contributed by atoms with Crippen LogP contribution >= 0.6 is 47.8 Å². The third kappa shape index (κ3) is 4.25. The van der Waals surface area contributed by atoms with Crippen LogP contribution in [0, 0.1) is 13.8 Å². The fourth-order valence-corrected chi connectivity index (χ4v) is 4.46. The number of rotatable bonds is 3. The van der Waals surface area contributed by atoms with Crippen molar-refractivity contribution in [3.63, 3.8) is 0 Å². The average molecular weight is 619 g/mol. The van der Waals surface area contributed by atoms with Gasteiger partial charge < -0.3 is 0 Å². The second kappa shape index (κ2) is 8.22. The zero-order valence-corrected chi connectivity index (χ0v) is 20.9. The molecule has 4 nitrogen and oxygen atoms in total. The van der Waals surface area contributed by atoms with E-state index in [1.54, 1.807) is 41.2 Å². The monoisotopic (exact) mass is 616 g/mol. The normalized spacial score (nSPS) is 11.9. The molecule has 0 aliphatic heterocycles. The van der Waals surface area contributed by atoms with Crippen LogP contribution in [0.1, 0.15) is 16.8 Å². The first-order valence-electron chi connectivity index (χ1n) is 9.01. The number of aryl methyl sites for hydroxylation is 2. The first-order valence-corrected chi connectivity index (χ1v) is 11.4. The lowest BCUT2D eigenvalue weighted by Gasteiger charge is -2.12. The van der Waals surface area contributed by atoms with Crippen molar-refractivity contribution in [2.45, 2.75) is 20.0 Å². The topological polar surface area (TPSA) is 35.6 Å². The molecule has 0 spiro atoms. The molecular weight excluding hydrogens is 605 g/mol. The van der Waals surface area contributed by atoms with Crippen molar-refractivity contribution in [1.82, 2.24) is 19.6 Å². The minimum absolute atomic E-state index is 0.0921. The third-order valence-corrected chi connectivity index (χ3v) is 7.17. The maximum Gasteiger partial charge on any atom is 0.436 e. The van der Waals surface area contributed by atoms with Crippen molar-refractivity contribution in [3.8, 4) is 22.6 Å². The van der Waals surface area contributed by atoms with E-state index in [9.17, 15) is 13.2 Å². The summed E-state index contributed by atoms with van der Waals surface area (Å²) in [5, 5.41) is 8.29. The molecule has 4 rings (SSSR count). The molecule has 10 heteroatoms.